The predicted molar refractivity (Wildman–Crippen MR) is 215 cm³/mol. The molecule has 0 radical (unpaired) electrons. The number of carboxylic acid groups (broad SMARTS) is 1. The number of halogens is 6. The van der Waals surface area contributed by atoms with E-state index in [-0.39, 0.29) is 53.9 Å². The van der Waals surface area contributed by atoms with E-state index in [1.165, 1.54) is 24.3 Å². The number of pyridine rings is 2. The molecular weight excluding hydrogens is 814 g/mol. The number of hydrogen-bond donors (Lipinski definition) is 2. The van der Waals surface area contributed by atoms with E-state index in [1.54, 1.807) is 48.9 Å². The second-order valence-corrected chi connectivity index (χ2v) is 13.3. The Hall–Kier alpha value is -6.40. The molecule has 6 rings (SSSR count). The van der Waals surface area contributed by atoms with Crippen molar-refractivity contribution in [3.8, 4) is 11.5 Å². The van der Waals surface area contributed by atoms with E-state index in [9.17, 15) is 35.9 Å². The highest BCUT2D eigenvalue weighted by Gasteiger charge is 2.38. The van der Waals surface area contributed by atoms with E-state index in [2.05, 4.69) is 25.6 Å². The molecule has 0 atom stereocenters. The minimum atomic E-state index is -4.59. The standard InChI is InChI=1S/C21H22F3N3O3.C15H16F3NO4.C6H8N2/c1-3-5-15-17(8-7-16-19(15)30-26-20(16)21(22,23)24)29-13-4-6-18(28)27(2)14-9-11-25-12-10-14;1-2-4-9-11(22-8-3-5-12(20)21)7-6-10-13(9)23-19-14(10)15(16,17)18;1-7-6-2-4-8-5-3-6/h7-12H,3-6,13H2,1-2H3;6-7H,2-5,8H2,1H3,(H,20,21);2-5H,1H3,(H,7,8). The quantitative estimate of drug-likeness (QED) is 0.0700. The zero-order chi connectivity index (χ0) is 44.6. The number of alkyl halides is 6. The monoisotopic (exact) mass is 860 g/mol. The molecule has 0 saturated carbocycles. The second-order valence-electron chi connectivity index (χ2n) is 13.3. The van der Waals surface area contributed by atoms with E-state index >= 15 is 0 Å². The van der Waals surface area contributed by atoms with Crippen LogP contribution in [-0.2, 0) is 34.8 Å². The number of ether oxygens (including phenoxy) is 2. The Balaban J connectivity index is 0.000000232. The van der Waals surface area contributed by atoms with Gasteiger partial charge in [-0.1, -0.05) is 37.0 Å². The van der Waals surface area contributed by atoms with Crippen molar-refractivity contribution in [3.63, 3.8) is 0 Å². The topological polar surface area (TPSA) is 166 Å². The van der Waals surface area contributed by atoms with Crippen LogP contribution in [0.5, 0.6) is 11.5 Å². The first-order valence-corrected chi connectivity index (χ1v) is 19.3. The molecule has 328 valence electrons. The molecule has 0 bridgehead atoms. The lowest BCUT2D eigenvalue weighted by atomic mass is 10.0. The van der Waals surface area contributed by atoms with Crippen LogP contribution >= 0.6 is 0 Å². The predicted octanol–water partition coefficient (Wildman–Crippen LogP) is 10.2. The summed E-state index contributed by atoms with van der Waals surface area (Å²) in [7, 11) is 3.57. The van der Waals surface area contributed by atoms with Crippen LogP contribution in [0.3, 0.4) is 0 Å². The number of nitrogens with zero attached hydrogens (tertiary/aromatic N) is 5. The fraction of sp³-hybridized carbons (Fsp3) is 0.381. The van der Waals surface area contributed by atoms with Gasteiger partial charge in [-0.15, -0.1) is 0 Å². The van der Waals surface area contributed by atoms with Gasteiger partial charge in [-0.3, -0.25) is 19.6 Å². The van der Waals surface area contributed by atoms with Gasteiger partial charge in [-0.2, -0.15) is 26.3 Å². The number of nitrogens with one attached hydrogen (secondary N) is 1. The van der Waals surface area contributed by atoms with Crippen LogP contribution < -0.4 is 19.7 Å². The molecule has 0 saturated heterocycles. The Morgan fingerprint density at radius 2 is 1.15 bits per heavy atom. The van der Waals surface area contributed by atoms with E-state index < -0.39 is 29.7 Å². The number of fused-ring (bicyclic) bond motifs is 2. The SMILES string of the molecule is CCCc1c(OCCCC(=O)N(C)c2ccncc2)ccc2c(C(F)(F)F)noc12.CCCc1c(OCCCC(=O)O)ccc2c(C(F)(F)F)noc12.CNc1ccncc1. The summed E-state index contributed by atoms with van der Waals surface area (Å²) < 4.78 is 99.1. The molecule has 2 aromatic carbocycles. The van der Waals surface area contributed by atoms with Gasteiger partial charge in [0.1, 0.15) is 11.5 Å². The van der Waals surface area contributed by atoms with Gasteiger partial charge in [0, 0.05) is 74.2 Å². The Kier molecular flexibility index (Phi) is 17.3. The number of hydrogen-bond acceptors (Lipinski definition) is 11. The molecule has 4 aromatic heterocycles. The fourth-order valence-corrected chi connectivity index (χ4v) is 5.94. The molecule has 6 aromatic rings. The van der Waals surface area contributed by atoms with Gasteiger partial charge in [0.25, 0.3) is 0 Å². The number of anilines is 2. The number of carbonyl (C=O) groups excluding carboxylic acids is 1. The first-order chi connectivity index (χ1) is 29.1. The summed E-state index contributed by atoms with van der Waals surface area (Å²) in [4.78, 5) is 32.1. The third-order valence-corrected chi connectivity index (χ3v) is 8.92. The molecule has 0 fully saturated rings. The molecule has 0 spiro atoms. The summed E-state index contributed by atoms with van der Waals surface area (Å²) in [6, 6.07) is 12.8. The third-order valence-electron chi connectivity index (χ3n) is 8.92. The molecule has 0 aliphatic rings. The van der Waals surface area contributed by atoms with Crippen LogP contribution in [0.2, 0.25) is 0 Å². The molecular formula is C42H46F6N6O7. The van der Waals surface area contributed by atoms with E-state index in [4.69, 9.17) is 23.6 Å². The number of rotatable bonds is 16. The number of carboxylic acids is 1. The number of aliphatic carboxylic acids is 1. The van der Waals surface area contributed by atoms with Crippen LogP contribution in [-0.4, -0.2) is 64.6 Å². The van der Waals surface area contributed by atoms with Crippen molar-refractivity contribution in [2.75, 3.05) is 37.5 Å². The normalized spacial score (nSPS) is 11.3. The molecule has 13 nitrogen and oxygen atoms in total. The number of aromatic nitrogens is 4. The number of amides is 1. The van der Waals surface area contributed by atoms with Crippen molar-refractivity contribution < 1.29 is 59.6 Å². The van der Waals surface area contributed by atoms with E-state index in [0.717, 1.165) is 11.4 Å². The highest BCUT2D eigenvalue weighted by atomic mass is 19.4. The maximum absolute atomic E-state index is 13.1. The molecule has 19 heteroatoms. The molecule has 1 amide bonds. The van der Waals surface area contributed by atoms with Crippen LogP contribution in [0.4, 0.5) is 37.7 Å². The van der Waals surface area contributed by atoms with Gasteiger partial charge < -0.3 is 33.8 Å². The van der Waals surface area contributed by atoms with Crippen LogP contribution in [0.25, 0.3) is 21.9 Å². The van der Waals surface area contributed by atoms with E-state index in [0.29, 0.717) is 61.2 Å². The van der Waals surface area contributed by atoms with Crippen molar-refractivity contribution in [2.24, 2.45) is 0 Å². The maximum atomic E-state index is 13.1. The van der Waals surface area contributed by atoms with Crippen molar-refractivity contribution >= 4 is 45.2 Å². The largest absolute Gasteiger partial charge is 0.493 e. The molecule has 4 heterocycles. The molecule has 61 heavy (non-hydrogen) atoms. The Morgan fingerprint density at radius 1 is 0.705 bits per heavy atom. The van der Waals surface area contributed by atoms with Gasteiger partial charge in [0.2, 0.25) is 5.91 Å². The van der Waals surface area contributed by atoms with Crippen molar-refractivity contribution in [1.29, 1.82) is 0 Å². The minimum absolute atomic E-state index is 0.0358. The number of aryl methyl sites for hydroxylation is 2. The lowest BCUT2D eigenvalue weighted by molar-refractivity contribution is -0.142. The average Bonchev–Trinajstić information content (AvgIpc) is 3.89. The van der Waals surface area contributed by atoms with Crippen molar-refractivity contribution in [2.45, 2.75) is 77.6 Å². The van der Waals surface area contributed by atoms with Crippen molar-refractivity contribution in [3.05, 3.63) is 95.8 Å². The molecule has 0 aliphatic carbocycles. The average molecular weight is 861 g/mol. The summed E-state index contributed by atoms with van der Waals surface area (Å²) in [5.41, 5.74) is 0.984. The zero-order valence-corrected chi connectivity index (χ0v) is 33.9. The number of benzene rings is 2. The Labute approximate surface area is 347 Å². The third kappa shape index (κ3) is 13.3. The first kappa shape index (κ1) is 47.3. The highest BCUT2D eigenvalue weighted by Crippen LogP contribution is 2.39. The zero-order valence-electron chi connectivity index (χ0n) is 33.9. The summed E-state index contributed by atoms with van der Waals surface area (Å²) >= 11 is 0. The molecule has 0 unspecified atom stereocenters. The fourth-order valence-electron chi connectivity index (χ4n) is 5.94. The smallest absolute Gasteiger partial charge is 0.437 e. The van der Waals surface area contributed by atoms with E-state index in [1.807, 2.05) is 33.0 Å². The van der Waals surface area contributed by atoms with Crippen LogP contribution in [0, 0.1) is 0 Å². The van der Waals surface area contributed by atoms with Gasteiger partial charge in [-0.05, 0) is 74.2 Å². The molecule has 2 N–H and O–H groups in total. The second kappa shape index (κ2) is 22.3. The van der Waals surface area contributed by atoms with Crippen molar-refractivity contribution in [1.82, 2.24) is 20.3 Å². The Morgan fingerprint density at radius 3 is 1.54 bits per heavy atom. The summed E-state index contributed by atoms with van der Waals surface area (Å²) in [5.74, 6) is -0.152. The lowest BCUT2D eigenvalue weighted by Gasteiger charge is -2.17. The Bertz CT molecular complexity index is 2300. The summed E-state index contributed by atoms with van der Waals surface area (Å²) in [6.07, 6.45) is 0.916. The van der Waals surface area contributed by atoms with Crippen LogP contribution in [0.1, 0.15) is 74.9 Å². The number of carbonyl (C=O) groups is 2. The summed E-state index contributed by atoms with van der Waals surface area (Å²) in [6.45, 7) is 4.21. The van der Waals surface area contributed by atoms with Gasteiger partial charge in [0.05, 0.1) is 24.0 Å². The molecule has 0 aliphatic heterocycles. The van der Waals surface area contributed by atoms with Gasteiger partial charge in [-0.25, -0.2) is 0 Å². The maximum Gasteiger partial charge on any atom is 0.437 e. The first-order valence-electron chi connectivity index (χ1n) is 19.3. The highest BCUT2D eigenvalue weighted by molar-refractivity contribution is 5.92. The van der Waals surface area contributed by atoms with Crippen LogP contribution in [0.15, 0.2) is 82.4 Å². The van der Waals surface area contributed by atoms with Gasteiger partial charge in [0.15, 0.2) is 22.6 Å². The summed E-state index contributed by atoms with van der Waals surface area (Å²) in [5, 5.41) is 17.7. The lowest BCUT2D eigenvalue weighted by Crippen LogP contribution is -2.26. The van der Waals surface area contributed by atoms with Gasteiger partial charge >= 0.3 is 18.3 Å². The minimum Gasteiger partial charge on any atom is -0.493 e.